The van der Waals surface area contributed by atoms with Crippen molar-refractivity contribution in [2.75, 3.05) is 18.5 Å². The van der Waals surface area contributed by atoms with E-state index in [1.54, 1.807) is 18.6 Å². The van der Waals surface area contributed by atoms with E-state index in [1.807, 2.05) is 24.3 Å². The van der Waals surface area contributed by atoms with Crippen LogP contribution in [0.4, 0.5) is 5.82 Å². The largest absolute Gasteiger partial charge is 0.492 e. The summed E-state index contributed by atoms with van der Waals surface area (Å²) in [5.41, 5.74) is 0. The fourth-order valence-corrected chi connectivity index (χ4v) is 1.53. The van der Waals surface area contributed by atoms with Crippen LogP contribution in [-0.2, 0) is 0 Å². The molecule has 0 aliphatic carbocycles. The van der Waals surface area contributed by atoms with Gasteiger partial charge in [0.15, 0.2) is 0 Å². The van der Waals surface area contributed by atoms with Crippen LogP contribution in [0, 0.1) is 0 Å². The summed E-state index contributed by atoms with van der Waals surface area (Å²) in [6.45, 7) is 1.27. The molecule has 0 aliphatic heterocycles. The molecule has 0 atom stereocenters. The summed E-state index contributed by atoms with van der Waals surface area (Å²) in [5.74, 6) is 1.61. The first-order chi connectivity index (χ1) is 8.34. The number of halogens is 1. The predicted molar refractivity (Wildman–Crippen MR) is 70.2 cm³/mol. The van der Waals surface area contributed by atoms with Gasteiger partial charge in [0.1, 0.15) is 18.2 Å². The highest BCUT2D eigenvalue weighted by atomic mass is 79.9. The van der Waals surface area contributed by atoms with Gasteiger partial charge in [0.05, 0.1) is 12.7 Å². The lowest BCUT2D eigenvalue weighted by atomic mass is 10.3. The van der Waals surface area contributed by atoms with Crippen molar-refractivity contribution in [3.8, 4) is 5.75 Å². The van der Waals surface area contributed by atoms with Gasteiger partial charge in [-0.15, -0.1) is 0 Å². The van der Waals surface area contributed by atoms with E-state index in [4.69, 9.17) is 4.74 Å². The van der Waals surface area contributed by atoms with E-state index in [9.17, 15) is 0 Å². The van der Waals surface area contributed by atoms with Crippen molar-refractivity contribution in [1.82, 2.24) is 9.97 Å². The minimum atomic E-state index is 0.582. The third-order valence-corrected chi connectivity index (χ3v) is 2.58. The molecule has 2 rings (SSSR count). The average molecular weight is 294 g/mol. The lowest BCUT2D eigenvalue weighted by Gasteiger charge is -2.07. The SMILES string of the molecule is Brc1ccc(OCCNc2cnccn2)cc1. The van der Waals surface area contributed by atoms with E-state index in [2.05, 4.69) is 31.2 Å². The van der Waals surface area contributed by atoms with Gasteiger partial charge in [-0.3, -0.25) is 4.98 Å². The van der Waals surface area contributed by atoms with Crippen molar-refractivity contribution in [3.05, 3.63) is 47.3 Å². The van der Waals surface area contributed by atoms with E-state index in [-0.39, 0.29) is 0 Å². The Morgan fingerprint density at radius 2 is 2.00 bits per heavy atom. The second-order valence-electron chi connectivity index (χ2n) is 3.32. The first kappa shape index (κ1) is 11.9. The van der Waals surface area contributed by atoms with Crippen LogP contribution in [-0.4, -0.2) is 23.1 Å². The van der Waals surface area contributed by atoms with Crippen molar-refractivity contribution in [1.29, 1.82) is 0 Å². The molecule has 0 amide bonds. The maximum absolute atomic E-state index is 5.55. The summed E-state index contributed by atoms with van der Waals surface area (Å²) in [6, 6.07) is 7.75. The maximum atomic E-state index is 5.55. The second-order valence-corrected chi connectivity index (χ2v) is 4.24. The van der Waals surface area contributed by atoms with Crippen molar-refractivity contribution in [2.24, 2.45) is 0 Å². The van der Waals surface area contributed by atoms with Crippen molar-refractivity contribution < 1.29 is 4.74 Å². The molecule has 88 valence electrons. The lowest BCUT2D eigenvalue weighted by molar-refractivity contribution is 0.332. The smallest absolute Gasteiger partial charge is 0.144 e. The zero-order valence-corrected chi connectivity index (χ0v) is 10.7. The molecule has 0 unspecified atom stereocenters. The third kappa shape index (κ3) is 4.03. The number of nitrogens with one attached hydrogen (secondary N) is 1. The van der Waals surface area contributed by atoms with E-state index >= 15 is 0 Å². The second kappa shape index (κ2) is 6.20. The Hall–Kier alpha value is -1.62. The fraction of sp³-hybridized carbons (Fsp3) is 0.167. The van der Waals surface area contributed by atoms with E-state index in [1.165, 1.54) is 0 Å². The standard InChI is InChI=1S/C12H12BrN3O/c13-10-1-3-11(4-2-10)17-8-7-16-12-9-14-5-6-15-12/h1-6,9H,7-8H2,(H,15,16). The number of rotatable bonds is 5. The van der Waals surface area contributed by atoms with E-state index in [0.717, 1.165) is 16.0 Å². The summed E-state index contributed by atoms with van der Waals surface area (Å²) in [7, 11) is 0. The summed E-state index contributed by atoms with van der Waals surface area (Å²) in [5, 5.41) is 3.12. The van der Waals surface area contributed by atoms with Gasteiger partial charge in [0.2, 0.25) is 0 Å². The minimum Gasteiger partial charge on any atom is -0.492 e. The number of nitrogens with zero attached hydrogens (tertiary/aromatic N) is 2. The molecule has 2 aromatic rings. The van der Waals surface area contributed by atoms with Crippen LogP contribution in [0.3, 0.4) is 0 Å². The summed E-state index contributed by atoms with van der Waals surface area (Å²) in [4.78, 5) is 8.06. The van der Waals surface area contributed by atoms with Gasteiger partial charge in [-0.25, -0.2) is 4.98 Å². The van der Waals surface area contributed by atoms with Crippen molar-refractivity contribution in [2.45, 2.75) is 0 Å². The summed E-state index contributed by atoms with van der Waals surface area (Å²) >= 11 is 3.37. The Balaban J connectivity index is 1.71. The molecule has 0 radical (unpaired) electrons. The van der Waals surface area contributed by atoms with Gasteiger partial charge >= 0.3 is 0 Å². The van der Waals surface area contributed by atoms with Gasteiger partial charge in [-0.2, -0.15) is 0 Å². The van der Waals surface area contributed by atoms with Crippen LogP contribution in [0.2, 0.25) is 0 Å². The highest BCUT2D eigenvalue weighted by Crippen LogP contribution is 2.15. The first-order valence-electron chi connectivity index (χ1n) is 5.23. The summed E-state index contributed by atoms with van der Waals surface area (Å²) < 4.78 is 6.60. The number of ether oxygens (including phenoxy) is 1. The van der Waals surface area contributed by atoms with Gasteiger partial charge < -0.3 is 10.1 Å². The van der Waals surface area contributed by atoms with E-state index in [0.29, 0.717) is 13.2 Å². The number of hydrogen-bond acceptors (Lipinski definition) is 4. The molecule has 0 saturated heterocycles. The molecule has 1 N–H and O–H groups in total. The van der Waals surface area contributed by atoms with E-state index < -0.39 is 0 Å². The minimum absolute atomic E-state index is 0.582. The Morgan fingerprint density at radius 3 is 2.71 bits per heavy atom. The van der Waals surface area contributed by atoms with Crippen molar-refractivity contribution in [3.63, 3.8) is 0 Å². The van der Waals surface area contributed by atoms with Crippen LogP contribution >= 0.6 is 15.9 Å². The predicted octanol–water partition coefficient (Wildman–Crippen LogP) is 2.73. The molecule has 1 heterocycles. The molecule has 17 heavy (non-hydrogen) atoms. The summed E-state index contributed by atoms with van der Waals surface area (Å²) in [6.07, 6.45) is 4.97. The lowest BCUT2D eigenvalue weighted by Crippen LogP contribution is -2.12. The quantitative estimate of drug-likeness (QED) is 0.861. The average Bonchev–Trinajstić information content (AvgIpc) is 2.38. The molecule has 1 aromatic heterocycles. The Kier molecular flexibility index (Phi) is 4.32. The van der Waals surface area contributed by atoms with Crippen molar-refractivity contribution >= 4 is 21.7 Å². The Labute approximate surface area is 108 Å². The molecule has 0 bridgehead atoms. The molecular formula is C12H12BrN3O. The molecular weight excluding hydrogens is 282 g/mol. The zero-order chi connectivity index (χ0) is 11.9. The number of hydrogen-bond donors (Lipinski definition) is 1. The topological polar surface area (TPSA) is 47.0 Å². The molecule has 0 fully saturated rings. The molecule has 5 heteroatoms. The molecule has 0 saturated carbocycles. The zero-order valence-electron chi connectivity index (χ0n) is 9.14. The van der Waals surface area contributed by atoms with Crippen LogP contribution in [0.15, 0.2) is 47.3 Å². The van der Waals surface area contributed by atoms with Crippen LogP contribution in [0.1, 0.15) is 0 Å². The van der Waals surface area contributed by atoms with Gasteiger partial charge in [0.25, 0.3) is 0 Å². The number of benzene rings is 1. The number of anilines is 1. The van der Waals surface area contributed by atoms with Gasteiger partial charge in [-0.1, -0.05) is 15.9 Å². The Morgan fingerprint density at radius 1 is 1.18 bits per heavy atom. The highest BCUT2D eigenvalue weighted by molar-refractivity contribution is 9.10. The maximum Gasteiger partial charge on any atom is 0.144 e. The first-order valence-corrected chi connectivity index (χ1v) is 6.02. The van der Waals surface area contributed by atoms with Gasteiger partial charge in [0, 0.05) is 16.9 Å². The highest BCUT2D eigenvalue weighted by Gasteiger charge is 1.94. The monoisotopic (exact) mass is 293 g/mol. The molecule has 0 spiro atoms. The van der Waals surface area contributed by atoms with Crippen LogP contribution in [0.5, 0.6) is 5.75 Å². The fourth-order valence-electron chi connectivity index (χ4n) is 1.27. The molecule has 0 aliphatic rings. The Bertz CT molecular complexity index is 447. The third-order valence-electron chi connectivity index (χ3n) is 2.05. The number of aromatic nitrogens is 2. The normalized spacial score (nSPS) is 9.94. The molecule has 4 nitrogen and oxygen atoms in total. The molecule has 1 aromatic carbocycles. The van der Waals surface area contributed by atoms with Crippen LogP contribution in [0.25, 0.3) is 0 Å². The van der Waals surface area contributed by atoms with Crippen LogP contribution < -0.4 is 10.1 Å². The van der Waals surface area contributed by atoms with Gasteiger partial charge in [-0.05, 0) is 24.3 Å².